The summed E-state index contributed by atoms with van der Waals surface area (Å²) in [5, 5.41) is 7.13. The Morgan fingerprint density at radius 2 is 1.71 bits per heavy atom. The van der Waals surface area contributed by atoms with E-state index >= 15 is 0 Å². The maximum atomic E-state index is 14.1. The van der Waals surface area contributed by atoms with Gasteiger partial charge >= 0.3 is 0 Å². The maximum absolute atomic E-state index is 14.1. The molecule has 4 fully saturated rings. The Morgan fingerprint density at radius 3 is 2.45 bits per heavy atom. The van der Waals surface area contributed by atoms with Crippen molar-refractivity contribution in [3.8, 4) is 11.3 Å². The highest BCUT2D eigenvalue weighted by Crippen LogP contribution is 2.54. The van der Waals surface area contributed by atoms with E-state index in [-0.39, 0.29) is 18.3 Å². The molecule has 0 radical (unpaired) electrons. The lowest BCUT2D eigenvalue weighted by Crippen LogP contribution is -2.66. The number of anilines is 1. The average molecular weight is 760 g/mol. The summed E-state index contributed by atoms with van der Waals surface area (Å²) in [7, 11) is 2.25. The van der Waals surface area contributed by atoms with Crippen molar-refractivity contribution in [2.45, 2.75) is 89.1 Å². The van der Waals surface area contributed by atoms with Crippen LogP contribution in [0.1, 0.15) is 77.1 Å². The Labute approximate surface area is 330 Å². The first-order valence-electron chi connectivity index (χ1n) is 20.0. The van der Waals surface area contributed by atoms with E-state index in [1.54, 1.807) is 0 Å². The van der Waals surface area contributed by atoms with Crippen molar-refractivity contribution in [1.29, 1.82) is 0 Å². The topological polar surface area (TPSA) is 43.4 Å². The molecule has 8 heteroatoms. The minimum atomic E-state index is -2.65. The first-order valence-corrected chi connectivity index (χ1v) is 20.8. The highest BCUT2D eigenvalue weighted by molar-refractivity contribution is 7.13. The van der Waals surface area contributed by atoms with Crippen LogP contribution in [0.15, 0.2) is 92.2 Å². The second kappa shape index (κ2) is 14.7. The molecule has 0 amide bonds. The predicted molar refractivity (Wildman–Crippen MR) is 225 cm³/mol. The number of piperidine rings is 1. The molecule has 288 valence electrons. The van der Waals surface area contributed by atoms with Crippen LogP contribution in [0.2, 0.25) is 0 Å². The third-order valence-electron chi connectivity index (χ3n) is 13.2. The summed E-state index contributed by atoms with van der Waals surface area (Å²) in [5.74, 6) is -0.879. The lowest BCUT2D eigenvalue weighted by Gasteiger charge is -2.55. The fourth-order valence-corrected chi connectivity index (χ4v) is 9.89. The molecular weight excluding hydrogens is 705 g/mol. The van der Waals surface area contributed by atoms with Crippen molar-refractivity contribution in [2.75, 3.05) is 32.0 Å². The van der Waals surface area contributed by atoms with Gasteiger partial charge in [0.05, 0.1) is 10.6 Å². The molecule has 0 spiro atoms. The number of halogens is 2. The van der Waals surface area contributed by atoms with Gasteiger partial charge in [0.15, 0.2) is 0 Å². The van der Waals surface area contributed by atoms with Gasteiger partial charge in [-0.25, -0.2) is 13.8 Å². The van der Waals surface area contributed by atoms with E-state index in [4.69, 9.17) is 4.98 Å². The number of hydrogen-bond donors (Lipinski definition) is 2. The molecule has 5 aliphatic rings. The van der Waals surface area contributed by atoms with Crippen molar-refractivity contribution in [2.24, 2.45) is 11.8 Å². The zero-order valence-electron chi connectivity index (χ0n) is 32.9. The van der Waals surface area contributed by atoms with Gasteiger partial charge in [-0.1, -0.05) is 76.0 Å². The summed E-state index contributed by atoms with van der Waals surface area (Å²) in [6, 6.07) is 24.3. The number of fused-ring (bicyclic) bond motifs is 3. The quantitative estimate of drug-likeness (QED) is 0.126. The fourth-order valence-electron chi connectivity index (χ4n) is 8.87. The first kappa shape index (κ1) is 37.6. The molecule has 4 aromatic rings. The molecule has 5 heterocycles. The van der Waals surface area contributed by atoms with Crippen molar-refractivity contribution in [3.63, 3.8) is 0 Å². The number of aromatic nitrogens is 1. The van der Waals surface area contributed by atoms with Gasteiger partial charge in [-0.15, -0.1) is 11.3 Å². The van der Waals surface area contributed by atoms with Crippen LogP contribution in [0.5, 0.6) is 0 Å². The molecule has 2 aliphatic carbocycles. The molecular formula is C47H55F2N5S. The van der Waals surface area contributed by atoms with Crippen LogP contribution in [-0.2, 0) is 24.7 Å². The lowest BCUT2D eigenvalue weighted by molar-refractivity contribution is -0.0292. The van der Waals surface area contributed by atoms with Gasteiger partial charge in [0.2, 0.25) is 0 Å². The highest BCUT2D eigenvalue weighted by atomic mass is 32.1. The Bertz CT molecular complexity index is 2120. The fraction of sp³-hybridized carbons (Fsp3) is 0.426. The Morgan fingerprint density at radius 1 is 0.945 bits per heavy atom. The number of allylic oxidation sites excluding steroid dienone is 1. The zero-order valence-corrected chi connectivity index (χ0v) is 33.7. The third kappa shape index (κ3) is 7.65. The number of nitrogens with one attached hydrogen (secondary N) is 2. The number of aryl methyl sites for hydroxylation is 2. The molecule has 5 nitrogen and oxygen atoms in total. The van der Waals surface area contributed by atoms with Gasteiger partial charge in [0, 0.05) is 77.5 Å². The number of hydrogen-bond acceptors (Lipinski definition) is 6. The normalized spacial score (nSPS) is 21.6. The SMILES string of the molecule is C=C(NCC(C)C(C)CCc1ccc(C(=C)N2CC3CC(C2)N3C)s1)c1cccc(-c2nc(NC(=C)C3(c4ccc5c(c4)CC(F)(F)C5)CC3)ccc2C)c1. The summed E-state index contributed by atoms with van der Waals surface area (Å²) in [6.45, 7) is 23.1. The predicted octanol–water partition coefficient (Wildman–Crippen LogP) is 10.3. The number of pyridine rings is 1. The van der Waals surface area contributed by atoms with Crippen LogP contribution in [-0.4, -0.2) is 59.5 Å². The number of likely N-dealkylation sites (N-methyl/N-ethyl adjacent to an activating group) is 1. The Hall–Kier alpha value is -4.27. The van der Waals surface area contributed by atoms with Crippen molar-refractivity contribution >= 4 is 28.5 Å². The minimum absolute atomic E-state index is 0.166. The van der Waals surface area contributed by atoms with Crippen LogP contribution in [0.25, 0.3) is 22.7 Å². The average Bonchev–Trinajstić information content (AvgIpc) is 3.75. The molecule has 9 rings (SSSR count). The second-order valence-electron chi connectivity index (χ2n) is 17.0. The zero-order chi connectivity index (χ0) is 38.6. The van der Waals surface area contributed by atoms with E-state index in [1.165, 1.54) is 21.9 Å². The molecule has 2 bridgehead atoms. The van der Waals surface area contributed by atoms with E-state index in [0.29, 0.717) is 23.9 Å². The third-order valence-corrected chi connectivity index (χ3v) is 14.4. The first-order chi connectivity index (χ1) is 26.3. The molecule has 4 unspecified atom stereocenters. The van der Waals surface area contributed by atoms with Gasteiger partial charge in [-0.3, -0.25) is 4.90 Å². The van der Waals surface area contributed by atoms with Crippen LogP contribution in [0.3, 0.4) is 0 Å². The summed E-state index contributed by atoms with van der Waals surface area (Å²) in [4.78, 5) is 12.8. The highest BCUT2D eigenvalue weighted by Gasteiger charge is 2.48. The van der Waals surface area contributed by atoms with Crippen molar-refractivity contribution in [1.82, 2.24) is 20.1 Å². The van der Waals surface area contributed by atoms with E-state index in [9.17, 15) is 8.78 Å². The van der Waals surface area contributed by atoms with Crippen molar-refractivity contribution < 1.29 is 8.78 Å². The number of nitrogens with zero attached hydrogens (tertiary/aromatic N) is 3. The van der Waals surface area contributed by atoms with Gasteiger partial charge in [-0.2, -0.15) is 0 Å². The smallest absolute Gasteiger partial charge is 0.256 e. The molecule has 3 saturated heterocycles. The van der Waals surface area contributed by atoms with Crippen molar-refractivity contribution in [3.05, 3.63) is 130 Å². The summed E-state index contributed by atoms with van der Waals surface area (Å²) in [5.41, 5.74) is 9.34. The van der Waals surface area contributed by atoms with E-state index in [2.05, 4.69) is 110 Å². The molecule has 2 aromatic carbocycles. The minimum Gasteiger partial charge on any atom is -0.385 e. The largest absolute Gasteiger partial charge is 0.385 e. The summed E-state index contributed by atoms with van der Waals surface area (Å²) < 4.78 is 28.2. The summed E-state index contributed by atoms with van der Waals surface area (Å²) in [6.07, 6.45) is 5.09. The van der Waals surface area contributed by atoms with Crippen LogP contribution in [0.4, 0.5) is 14.6 Å². The number of rotatable bonds is 15. The molecule has 4 atom stereocenters. The van der Waals surface area contributed by atoms with E-state index in [1.807, 2.05) is 35.6 Å². The van der Waals surface area contributed by atoms with Crippen LogP contribution < -0.4 is 10.6 Å². The van der Waals surface area contributed by atoms with E-state index < -0.39 is 5.92 Å². The Balaban J connectivity index is 0.844. The number of benzene rings is 2. The Kier molecular flexibility index (Phi) is 10.0. The van der Waals surface area contributed by atoms with Gasteiger partial charge < -0.3 is 15.5 Å². The number of piperazine rings is 1. The lowest BCUT2D eigenvalue weighted by atomic mass is 9.88. The van der Waals surface area contributed by atoms with Gasteiger partial charge in [-0.05, 0) is 110 Å². The number of alkyl halides is 2. The molecule has 2 N–H and O–H groups in total. The van der Waals surface area contributed by atoms with Crippen LogP contribution in [0, 0.1) is 18.8 Å². The van der Waals surface area contributed by atoms with Gasteiger partial charge in [0.1, 0.15) is 5.82 Å². The monoisotopic (exact) mass is 759 g/mol. The standard InChI is InChI=1S/C47H55F2N5S/c1-29(11-15-42-16-17-43(55-42)33(5)54-27-40-23-41(28-54)53(40)7)31(3)26-50-32(4)35-9-8-10-36(21-35)45-30(2)12-18-44(52-45)51-34(6)46(19-20-46)39-14-13-37-24-47(48,49)25-38(37)22-39/h8-10,12-14,16-18,21-22,29,31,40-41,50H,4-6,11,15,19-20,23-28H2,1-3,7H3,(H,51,52). The second-order valence-corrected chi connectivity index (χ2v) is 18.2. The van der Waals surface area contributed by atoms with Gasteiger partial charge in [0.25, 0.3) is 5.92 Å². The van der Waals surface area contributed by atoms with Crippen LogP contribution >= 0.6 is 11.3 Å². The molecule has 2 aromatic heterocycles. The number of thiophene rings is 1. The van der Waals surface area contributed by atoms with E-state index in [0.717, 1.165) is 102 Å². The molecule has 3 aliphatic heterocycles. The molecule has 55 heavy (non-hydrogen) atoms. The maximum Gasteiger partial charge on any atom is 0.256 e. The summed E-state index contributed by atoms with van der Waals surface area (Å²) >= 11 is 1.91. The molecule has 1 saturated carbocycles.